The zero-order chi connectivity index (χ0) is 27.2. The highest BCUT2D eigenvalue weighted by atomic mass is 16.6. The average molecular weight is 513 g/mol. The second kappa shape index (κ2) is 11.5. The first-order valence-electron chi connectivity index (χ1n) is 12.8. The van der Waals surface area contributed by atoms with Crippen LogP contribution in [0, 0.1) is 0 Å². The number of aromatic nitrogens is 2. The predicted octanol–water partition coefficient (Wildman–Crippen LogP) is 5.71. The van der Waals surface area contributed by atoms with Gasteiger partial charge in [0.25, 0.3) is 0 Å². The van der Waals surface area contributed by atoms with Crippen LogP contribution in [0.1, 0.15) is 49.1 Å². The number of anilines is 1. The summed E-state index contributed by atoms with van der Waals surface area (Å²) in [7, 11) is 1.71. The molecule has 0 aliphatic carbocycles. The van der Waals surface area contributed by atoms with Crippen molar-refractivity contribution in [2.24, 2.45) is 0 Å². The lowest BCUT2D eigenvalue weighted by atomic mass is 9.75. The van der Waals surface area contributed by atoms with E-state index in [1.54, 1.807) is 13.3 Å². The van der Waals surface area contributed by atoms with Crippen molar-refractivity contribution in [2.75, 3.05) is 19.4 Å². The van der Waals surface area contributed by atoms with E-state index in [1.807, 2.05) is 80.1 Å². The fourth-order valence-electron chi connectivity index (χ4n) is 4.86. The fourth-order valence-corrected chi connectivity index (χ4v) is 4.86. The zero-order valence-corrected chi connectivity index (χ0v) is 22.4. The first-order chi connectivity index (χ1) is 18.3. The van der Waals surface area contributed by atoms with Crippen LogP contribution in [0.5, 0.6) is 0 Å². The molecule has 1 heterocycles. The molecule has 3 aromatic carbocycles. The number of nitrogens with one attached hydrogen (secondary N) is 1. The maximum absolute atomic E-state index is 12.2. The van der Waals surface area contributed by atoms with Crippen molar-refractivity contribution < 1.29 is 14.3 Å². The SMILES string of the molecule is COC(c1ccccc1)C(c1ccccc1)(c1ccccc1)n1ncc(CCNC(=O)OC(C)(C)C)c1N. The second-order valence-corrected chi connectivity index (χ2v) is 10.2. The van der Waals surface area contributed by atoms with Crippen molar-refractivity contribution in [3.8, 4) is 0 Å². The van der Waals surface area contributed by atoms with Gasteiger partial charge in [-0.15, -0.1) is 0 Å². The standard InChI is InChI=1S/C31H36N4O3/c1-30(2,3)38-29(36)33-21-20-24-22-34-35(28(24)32)31(25-16-10-6-11-17-25,26-18-12-7-13-19-26)27(37-4)23-14-8-5-9-15-23/h5-19,22,27H,20-21,32H2,1-4H3,(H,33,36). The second-order valence-electron chi connectivity index (χ2n) is 10.2. The van der Waals surface area contributed by atoms with Crippen molar-refractivity contribution in [2.45, 2.75) is 44.4 Å². The van der Waals surface area contributed by atoms with Gasteiger partial charge in [0.15, 0.2) is 0 Å². The number of methoxy groups -OCH3 is 1. The third kappa shape index (κ3) is 5.58. The quantitative estimate of drug-likeness (QED) is 0.300. The van der Waals surface area contributed by atoms with Crippen molar-refractivity contribution in [3.63, 3.8) is 0 Å². The lowest BCUT2D eigenvalue weighted by Gasteiger charge is -2.42. The summed E-state index contributed by atoms with van der Waals surface area (Å²) in [4.78, 5) is 12.2. The summed E-state index contributed by atoms with van der Waals surface area (Å²) in [5.41, 5.74) is 9.15. The maximum Gasteiger partial charge on any atom is 0.407 e. The molecule has 0 saturated carbocycles. The van der Waals surface area contributed by atoms with Crippen molar-refractivity contribution in [1.82, 2.24) is 15.1 Å². The predicted molar refractivity (Wildman–Crippen MR) is 150 cm³/mol. The van der Waals surface area contributed by atoms with Crippen LogP contribution in [0.15, 0.2) is 97.2 Å². The summed E-state index contributed by atoms with van der Waals surface area (Å²) in [6, 6.07) is 30.4. The Morgan fingerprint density at radius 1 is 0.921 bits per heavy atom. The van der Waals surface area contributed by atoms with Gasteiger partial charge in [0.1, 0.15) is 23.1 Å². The van der Waals surface area contributed by atoms with Gasteiger partial charge in [-0.3, -0.25) is 0 Å². The van der Waals surface area contributed by atoms with E-state index in [4.69, 9.17) is 20.3 Å². The Morgan fingerprint density at radius 3 is 1.95 bits per heavy atom. The van der Waals surface area contributed by atoms with E-state index in [0.29, 0.717) is 18.8 Å². The van der Waals surface area contributed by atoms with Crippen LogP contribution in [0.3, 0.4) is 0 Å². The van der Waals surface area contributed by atoms with Gasteiger partial charge in [0, 0.05) is 19.2 Å². The van der Waals surface area contributed by atoms with E-state index in [9.17, 15) is 4.79 Å². The van der Waals surface area contributed by atoms with Crippen LogP contribution in [0.25, 0.3) is 0 Å². The van der Waals surface area contributed by atoms with E-state index in [-0.39, 0.29) is 0 Å². The van der Waals surface area contributed by atoms with E-state index < -0.39 is 23.3 Å². The molecule has 1 atom stereocenters. The molecule has 0 aliphatic rings. The smallest absolute Gasteiger partial charge is 0.407 e. The number of hydrogen-bond donors (Lipinski definition) is 2. The Bertz CT molecular complexity index is 1280. The average Bonchev–Trinajstić information content (AvgIpc) is 3.28. The molecule has 3 N–H and O–H groups in total. The van der Waals surface area contributed by atoms with E-state index in [0.717, 1.165) is 22.3 Å². The lowest BCUT2D eigenvalue weighted by molar-refractivity contribution is 0.0289. The molecule has 7 nitrogen and oxygen atoms in total. The molecule has 0 radical (unpaired) electrons. The summed E-state index contributed by atoms with van der Waals surface area (Å²) < 4.78 is 13.5. The number of ether oxygens (including phenoxy) is 2. The highest BCUT2D eigenvalue weighted by Crippen LogP contribution is 2.47. The number of rotatable bonds is 9. The zero-order valence-electron chi connectivity index (χ0n) is 22.4. The molecule has 0 bridgehead atoms. The number of nitrogens with two attached hydrogens (primary N) is 1. The summed E-state index contributed by atoms with van der Waals surface area (Å²) >= 11 is 0. The minimum absolute atomic E-state index is 0.362. The van der Waals surface area contributed by atoms with E-state index in [2.05, 4.69) is 41.7 Å². The van der Waals surface area contributed by atoms with Crippen LogP contribution < -0.4 is 11.1 Å². The number of alkyl carbamates (subject to hydrolysis) is 1. The Kier molecular flexibility index (Phi) is 8.17. The molecule has 4 rings (SSSR count). The molecule has 198 valence electrons. The molecule has 1 amide bonds. The molecule has 1 aromatic heterocycles. The molecule has 1 unspecified atom stereocenters. The van der Waals surface area contributed by atoms with Crippen LogP contribution in [-0.4, -0.2) is 35.1 Å². The Balaban J connectivity index is 1.83. The van der Waals surface area contributed by atoms with Crippen LogP contribution >= 0.6 is 0 Å². The Labute approximate surface area is 224 Å². The summed E-state index contributed by atoms with van der Waals surface area (Å²) in [5, 5.41) is 7.67. The van der Waals surface area contributed by atoms with Gasteiger partial charge in [-0.25, -0.2) is 9.48 Å². The molecule has 0 spiro atoms. The lowest BCUT2D eigenvalue weighted by Crippen LogP contribution is -2.44. The highest BCUT2D eigenvalue weighted by molar-refractivity contribution is 5.67. The van der Waals surface area contributed by atoms with Crippen LogP contribution in [0.2, 0.25) is 0 Å². The number of hydrogen-bond acceptors (Lipinski definition) is 5. The fraction of sp³-hybridized carbons (Fsp3) is 0.290. The monoisotopic (exact) mass is 512 g/mol. The number of carbonyl (C=O) groups is 1. The molecule has 38 heavy (non-hydrogen) atoms. The highest BCUT2D eigenvalue weighted by Gasteiger charge is 2.47. The number of amides is 1. The third-order valence-electron chi connectivity index (χ3n) is 6.43. The number of nitrogen functional groups attached to an aromatic ring is 1. The Hall–Kier alpha value is -4.10. The van der Waals surface area contributed by atoms with Crippen molar-refractivity contribution in [3.05, 3.63) is 119 Å². The summed E-state index contributed by atoms with van der Waals surface area (Å²) in [5.74, 6) is 0.502. The van der Waals surface area contributed by atoms with Gasteiger partial charge in [-0.2, -0.15) is 5.10 Å². The van der Waals surface area contributed by atoms with Gasteiger partial charge in [0.2, 0.25) is 0 Å². The van der Waals surface area contributed by atoms with Gasteiger partial charge >= 0.3 is 6.09 Å². The molecule has 4 aromatic rings. The van der Waals surface area contributed by atoms with Crippen molar-refractivity contribution >= 4 is 11.9 Å². The van der Waals surface area contributed by atoms with E-state index in [1.165, 1.54) is 0 Å². The topological polar surface area (TPSA) is 91.4 Å². The normalized spacial score (nSPS) is 12.6. The molecule has 0 aliphatic heterocycles. The van der Waals surface area contributed by atoms with Crippen LogP contribution in [-0.2, 0) is 21.4 Å². The number of nitrogens with zero attached hydrogens (tertiary/aromatic N) is 2. The van der Waals surface area contributed by atoms with E-state index >= 15 is 0 Å². The van der Waals surface area contributed by atoms with Gasteiger partial charge in [-0.1, -0.05) is 91.0 Å². The Morgan fingerprint density at radius 2 is 1.45 bits per heavy atom. The molecular formula is C31H36N4O3. The molecule has 7 heteroatoms. The number of carbonyl (C=O) groups excluding carboxylic acids is 1. The van der Waals surface area contributed by atoms with Gasteiger partial charge in [-0.05, 0) is 43.9 Å². The maximum atomic E-state index is 12.2. The summed E-state index contributed by atoms with van der Waals surface area (Å²) in [6.45, 7) is 5.86. The van der Waals surface area contributed by atoms with Gasteiger partial charge in [0.05, 0.1) is 6.20 Å². The first-order valence-corrected chi connectivity index (χ1v) is 12.8. The number of benzene rings is 3. The molecule has 0 saturated heterocycles. The van der Waals surface area contributed by atoms with Crippen molar-refractivity contribution in [1.29, 1.82) is 0 Å². The minimum atomic E-state index is -0.917. The first kappa shape index (κ1) is 26.9. The molecule has 0 fully saturated rings. The molecular weight excluding hydrogens is 476 g/mol. The summed E-state index contributed by atoms with van der Waals surface area (Å²) in [6.07, 6.45) is 1.34. The third-order valence-corrected chi connectivity index (χ3v) is 6.43. The minimum Gasteiger partial charge on any atom is -0.444 e. The van der Waals surface area contributed by atoms with Gasteiger partial charge < -0.3 is 20.5 Å². The van der Waals surface area contributed by atoms with Crippen LogP contribution in [0.4, 0.5) is 10.6 Å². The largest absolute Gasteiger partial charge is 0.444 e.